The number of rotatable bonds is 10. The zero-order chi connectivity index (χ0) is 34.6. The summed E-state index contributed by atoms with van der Waals surface area (Å²) in [6.07, 6.45) is 3.77. The molecule has 5 aromatic rings. The van der Waals surface area contributed by atoms with E-state index < -0.39 is 24.0 Å². The fraction of sp³-hybridized carbons (Fsp3) is 0.256. The maximum absolute atomic E-state index is 13.2. The molecule has 0 aliphatic carbocycles. The molecule has 2 atom stereocenters. The Morgan fingerprint density at radius 3 is 1.90 bits per heavy atom. The lowest BCUT2D eigenvalue weighted by atomic mass is 9.95. The number of carbonyl (C=O) groups is 3. The molecular formula is C39H40N4O4S. The zero-order valence-electron chi connectivity index (χ0n) is 28.0. The first-order valence-corrected chi connectivity index (χ1v) is 16.6. The molecule has 0 bridgehead atoms. The molecule has 9 heteroatoms. The van der Waals surface area contributed by atoms with E-state index in [2.05, 4.69) is 97.7 Å². The topological polar surface area (TPSA) is 121 Å². The molecule has 0 saturated carbocycles. The van der Waals surface area contributed by atoms with Crippen LogP contribution in [-0.2, 0) is 21.4 Å². The minimum absolute atomic E-state index is 0.116. The Balaban J connectivity index is 1.28. The highest BCUT2D eigenvalue weighted by Gasteiger charge is 2.26. The SMILES string of the molecule is Cc1ccc(-c2ccc(-c3cnc(-c4ccc(C[C@H](NC(=O)c5ccc(C(C)(C)C)s5)C(=O)N[C@H](C)C(=O)O)cc4)nc3)cc2)cc1C. The van der Waals surface area contributed by atoms with Crippen molar-refractivity contribution in [1.29, 1.82) is 0 Å². The van der Waals surface area contributed by atoms with E-state index in [1.54, 1.807) is 18.5 Å². The molecule has 0 radical (unpaired) electrons. The first kappa shape index (κ1) is 34.2. The van der Waals surface area contributed by atoms with Gasteiger partial charge in [-0.3, -0.25) is 14.4 Å². The van der Waals surface area contributed by atoms with Crippen molar-refractivity contribution in [2.75, 3.05) is 0 Å². The highest BCUT2D eigenvalue weighted by atomic mass is 32.1. The van der Waals surface area contributed by atoms with Gasteiger partial charge in [0.2, 0.25) is 5.91 Å². The Kier molecular flexibility index (Phi) is 10.2. The average molecular weight is 661 g/mol. The molecule has 246 valence electrons. The van der Waals surface area contributed by atoms with E-state index in [-0.39, 0.29) is 17.7 Å². The van der Waals surface area contributed by atoms with Gasteiger partial charge in [-0.15, -0.1) is 11.3 Å². The Morgan fingerprint density at radius 1 is 0.750 bits per heavy atom. The van der Waals surface area contributed by atoms with Gasteiger partial charge in [0, 0.05) is 34.8 Å². The molecule has 0 saturated heterocycles. The van der Waals surface area contributed by atoms with E-state index in [0.29, 0.717) is 10.7 Å². The molecule has 0 spiro atoms. The second-order valence-electron chi connectivity index (χ2n) is 13.1. The molecule has 3 aromatic carbocycles. The van der Waals surface area contributed by atoms with E-state index in [1.807, 2.05) is 30.3 Å². The van der Waals surface area contributed by atoms with Crippen molar-refractivity contribution in [1.82, 2.24) is 20.6 Å². The van der Waals surface area contributed by atoms with Crippen LogP contribution in [-0.4, -0.2) is 44.9 Å². The number of hydrogen-bond acceptors (Lipinski definition) is 6. The van der Waals surface area contributed by atoms with Gasteiger partial charge in [0.25, 0.3) is 5.91 Å². The van der Waals surface area contributed by atoms with Crippen LogP contribution in [0.1, 0.15) is 58.9 Å². The van der Waals surface area contributed by atoms with Crippen molar-refractivity contribution in [2.24, 2.45) is 0 Å². The van der Waals surface area contributed by atoms with Gasteiger partial charge in [0.05, 0.1) is 4.88 Å². The summed E-state index contributed by atoms with van der Waals surface area (Å²) in [5.41, 5.74) is 8.26. The number of nitrogens with one attached hydrogen (secondary N) is 2. The van der Waals surface area contributed by atoms with Crippen LogP contribution in [0.2, 0.25) is 0 Å². The van der Waals surface area contributed by atoms with E-state index in [0.717, 1.165) is 32.7 Å². The maximum atomic E-state index is 13.2. The van der Waals surface area contributed by atoms with Crippen molar-refractivity contribution < 1.29 is 19.5 Å². The third-order valence-corrected chi connectivity index (χ3v) is 9.79. The summed E-state index contributed by atoms with van der Waals surface area (Å²) in [4.78, 5) is 48.4. The number of carboxylic acids is 1. The number of amides is 2. The van der Waals surface area contributed by atoms with Crippen LogP contribution in [0.25, 0.3) is 33.6 Å². The monoisotopic (exact) mass is 660 g/mol. The number of aryl methyl sites for hydroxylation is 2. The fourth-order valence-corrected chi connectivity index (χ4v) is 6.07. The molecule has 0 fully saturated rings. The van der Waals surface area contributed by atoms with Crippen molar-refractivity contribution in [3.8, 4) is 33.6 Å². The minimum atomic E-state index is -1.16. The number of aliphatic carboxylic acids is 1. The largest absolute Gasteiger partial charge is 0.480 e. The number of carboxylic acid groups (broad SMARTS) is 1. The van der Waals surface area contributed by atoms with Gasteiger partial charge in [-0.1, -0.05) is 87.5 Å². The zero-order valence-corrected chi connectivity index (χ0v) is 28.8. The predicted molar refractivity (Wildman–Crippen MR) is 191 cm³/mol. The fourth-order valence-electron chi connectivity index (χ4n) is 5.11. The summed E-state index contributed by atoms with van der Waals surface area (Å²) in [5, 5.41) is 14.6. The van der Waals surface area contributed by atoms with E-state index in [9.17, 15) is 19.5 Å². The summed E-state index contributed by atoms with van der Waals surface area (Å²) >= 11 is 1.37. The van der Waals surface area contributed by atoms with Crippen LogP contribution in [0.5, 0.6) is 0 Å². The van der Waals surface area contributed by atoms with Crippen molar-refractivity contribution in [3.63, 3.8) is 0 Å². The van der Waals surface area contributed by atoms with Crippen LogP contribution < -0.4 is 10.6 Å². The van der Waals surface area contributed by atoms with E-state index in [1.165, 1.54) is 35.0 Å². The lowest BCUT2D eigenvalue weighted by Gasteiger charge is -2.20. The molecule has 0 unspecified atom stereocenters. The third kappa shape index (κ3) is 8.22. The molecule has 0 aliphatic rings. The minimum Gasteiger partial charge on any atom is -0.480 e. The molecule has 3 N–H and O–H groups in total. The van der Waals surface area contributed by atoms with Gasteiger partial charge < -0.3 is 15.7 Å². The Labute approximate surface area is 285 Å². The number of nitrogens with zero attached hydrogens (tertiary/aromatic N) is 2. The highest BCUT2D eigenvalue weighted by Crippen LogP contribution is 2.30. The molecular weight excluding hydrogens is 621 g/mol. The summed E-state index contributed by atoms with van der Waals surface area (Å²) in [5.74, 6) is -1.56. The summed E-state index contributed by atoms with van der Waals surface area (Å²) in [6, 6.07) is 23.9. The highest BCUT2D eigenvalue weighted by molar-refractivity contribution is 7.14. The van der Waals surface area contributed by atoms with E-state index in [4.69, 9.17) is 0 Å². The lowest BCUT2D eigenvalue weighted by Crippen LogP contribution is -2.51. The quantitative estimate of drug-likeness (QED) is 0.144. The Hall–Kier alpha value is -5.15. The van der Waals surface area contributed by atoms with Crippen molar-refractivity contribution >= 4 is 29.1 Å². The molecule has 2 aromatic heterocycles. The number of carbonyl (C=O) groups excluding carboxylic acids is 2. The second-order valence-corrected chi connectivity index (χ2v) is 14.2. The molecule has 8 nitrogen and oxygen atoms in total. The standard InChI is InChI=1S/C39H40N4O4S/c1-23-7-10-30(19-24(23)2)27-13-15-28(16-14-27)31-21-40-35(41-22-31)29-11-8-26(9-12-29)20-32(36(44)42-25(3)38(46)47)43-37(45)33-17-18-34(48-33)39(4,5)6/h7-19,21-22,25,32H,20H2,1-6H3,(H,42,44)(H,43,45)(H,46,47)/t25-,32+/m1/s1. The normalized spacial score (nSPS) is 12.6. The number of thiophene rings is 1. The van der Waals surface area contributed by atoms with Crippen LogP contribution in [0.3, 0.4) is 0 Å². The second kappa shape index (κ2) is 14.3. The first-order chi connectivity index (χ1) is 22.8. The van der Waals surface area contributed by atoms with Crippen LogP contribution in [0.15, 0.2) is 91.3 Å². The van der Waals surface area contributed by atoms with Crippen molar-refractivity contribution in [3.05, 3.63) is 118 Å². The van der Waals surface area contributed by atoms with Gasteiger partial charge >= 0.3 is 5.97 Å². The molecule has 0 aliphatic heterocycles. The number of hydrogen-bond donors (Lipinski definition) is 3. The van der Waals surface area contributed by atoms with Gasteiger partial charge in [-0.25, -0.2) is 9.97 Å². The average Bonchev–Trinajstić information content (AvgIpc) is 3.58. The predicted octanol–water partition coefficient (Wildman–Crippen LogP) is 7.38. The first-order valence-electron chi connectivity index (χ1n) is 15.8. The van der Waals surface area contributed by atoms with Crippen molar-refractivity contribution in [2.45, 2.75) is 65.5 Å². The lowest BCUT2D eigenvalue weighted by molar-refractivity contribution is -0.141. The van der Waals surface area contributed by atoms with Crippen LogP contribution in [0.4, 0.5) is 0 Å². The van der Waals surface area contributed by atoms with Gasteiger partial charge in [-0.05, 0) is 71.7 Å². The summed E-state index contributed by atoms with van der Waals surface area (Å²) in [7, 11) is 0. The van der Waals surface area contributed by atoms with Gasteiger partial charge in [0.15, 0.2) is 5.82 Å². The maximum Gasteiger partial charge on any atom is 0.325 e. The third-order valence-electron chi connectivity index (χ3n) is 8.28. The van der Waals surface area contributed by atoms with Crippen LogP contribution in [0, 0.1) is 13.8 Å². The smallest absolute Gasteiger partial charge is 0.325 e. The van der Waals surface area contributed by atoms with E-state index >= 15 is 0 Å². The molecule has 5 rings (SSSR count). The summed E-state index contributed by atoms with van der Waals surface area (Å²) in [6.45, 7) is 11.8. The Bertz CT molecular complexity index is 1930. The Morgan fingerprint density at radius 2 is 1.33 bits per heavy atom. The summed E-state index contributed by atoms with van der Waals surface area (Å²) < 4.78 is 0. The number of benzene rings is 3. The van der Waals surface area contributed by atoms with Gasteiger partial charge in [-0.2, -0.15) is 0 Å². The molecule has 2 amide bonds. The molecule has 48 heavy (non-hydrogen) atoms. The molecule has 2 heterocycles. The van der Waals surface area contributed by atoms with Crippen LogP contribution >= 0.6 is 11.3 Å². The van der Waals surface area contributed by atoms with Gasteiger partial charge in [0.1, 0.15) is 12.1 Å². The number of aromatic nitrogens is 2.